The molecule has 4 amide bonds. The standard InChI is InChI=1S/C29H28N2O5/c1-2-35-26-17-19(16-24-27(32)30-29(34)31(28(24)33)23-9-5-6-10-23)12-14-25(26)36-18-20-11-13-21-7-3-4-8-22(21)15-20/h3-4,7-8,11-17,23H,2,5-6,9-10,18H2,1H3,(H,30,32,34)/b24-16+. The number of barbiturate groups is 1. The third-order valence-electron chi connectivity index (χ3n) is 6.61. The minimum atomic E-state index is -0.686. The molecular formula is C29H28N2O5. The van der Waals surface area contributed by atoms with Crippen molar-refractivity contribution in [1.82, 2.24) is 10.2 Å². The number of fused-ring (bicyclic) bond motifs is 1. The Labute approximate surface area is 209 Å². The third kappa shape index (κ3) is 4.82. The first-order valence-electron chi connectivity index (χ1n) is 12.3. The number of amides is 4. The Morgan fingerprint density at radius 3 is 2.47 bits per heavy atom. The van der Waals surface area contributed by atoms with Crippen molar-refractivity contribution in [3.63, 3.8) is 0 Å². The first-order valence-corrected chi connectivity index (χ1v) is 12.3. The summed E-state index contributed by atoms with van der Waals surface area (Å²) in [6.07, 6.45) is 4.96. The van der Waals surface area contributed by atoms with Gasteiger partial charge in [0.15, 0.2) is 11.5 Å². The monoisotopic (exact) mass is 484 g/mol. The number of nitrogens with one attached hydrogen (secondary N) is 1. The molecule has 1 saturated carbocycles. The molecule has 5 rings (SSSR count). The van der Waals surface area contributed by atoms with Crippen LogP contribution in [0.5, 0.6) is 11.5 Å². The van der Waals surface area contributed by atoms with Crippen LogP contribution < -0.4 is 14.8 Å². The summed E-state index contributed by atoms with van der Waals surface area (Å²) < 4.78 is 11.9. The van der Waals surface area contributed by atoms with Gasteiger partial charge in [-0.05, 0) is 65.9 Å². The lowest BCUT2D eigenvalue weighted by atomic mass is 10.0. The quantitative estimate of drug-likeness (QED) is 0.367. The van der Waals surface area contributed by atoms with E-state index in [9.17, 15) is 14.4 Å². The number of carbonyl (C=O) groups excluding carboxylic acids is 3. The summed E-state index contributed by atoms with van der Waals surface area (Å²) in [6.45, 7) is 2.67. The molecule has 0 spiro atoms. The zero-order valence-electron chi connectivity index (χ0n) is 20.2. The van der Waals surface area contributed by atoms with E-state index >= 15 is 0 Å². The van der Waals surface area contributed by atoms with Crippen LogP contribution in [0.3, 0.4) is 0 Å². The maximum absolute atomic E-state index is 13.1. The predicted octanol–water partition coefficient (Wildman–Crippen LogP) is 5.22. The van der Waals surface area contributed by atoms with Crippen LogP contribution in [-0.2, 0) is 16.2 Å². The zero-order chi connectivity index (χ0) is 25.1. The Bertz CT molecular complexity index is 1360. The summed E-state index contributed by atoms with van der Waals surface area (Å²) in [5, 5.41) is 4.63. The van der Waals surface area contributed by atoms with Crippen molar-refractivity contribution in [2.45, 2.75) is 45.3 Å². The zero-order valence-corrected chi connectivity index (χ0v) is 20.2. The Kier molecular flexibility index (Phi) is 6.71. The van der Waals surface area contributed by atoms with Crippen molar-refractivity contribution >= 4 is 34.7 Å². The van der Waals surface area contributed by atoms with E-state index in [1.807, 2.05) is 25.1 Å². The fourth-order valence-electron chi connectivity index (χ4n) is 4.82. The second-order valence-electron chi connectivity index (χ2n) is 9.04. The summed E-state index contributed by atoms with van der Waals surface area (Å²) >= 11 is 0. The van der Waals surface area contributed by atoms with Crippen molar-refractivity contribution < 1.29 is 23.9 Å². The largest absolute Gasteiger partial charge is 0.490 e. The molecule has 3 aromatic rings. The van der Waals surface area contributed by atoms with Crippen molar-refractivity contribution in [2.75, 3.05) is 6.61 Å². The topological polar surface area (TPSA) is 84.9 Å². The number of hydrogen-bond acceptors (Lipinski definition) is 5. The maximum atomic E-state index is 13.1. The molecule has 1 aliphatic heterocycles. The molecule has 0 radical (unpaired) electrons. The predicted molar refractivity (Wildman–Crippen MR) is 137 cm³/mol. The second kappa shape index (κ2) is 10.2. The highest BCUT2D eigenvalue weighted by atomic mass is 16.5. The summed E-state index contributed by atoms with van der Waals surface area (Å²) in [6, 6.07) is 18.8. The van der Waals surface area contributed by atoms with Gasteiger partial charge in [0.1, 0.15) is 12.2 Å². The first kappa shape index (κ1) is 23.6. The fraction of sp³-hybridized carbons (Fsp3) is 0.276. The number of hydrogen-bond donors (Lipinski definition) is 1. The number of nitrogens with zero attached hydrogens (tertiary/aromatic N) is 1. The summed E-state index contributed by atoms with van der Waals surface area (Å²) in [5.41, 5.74) is 1.58. The van der Waals surface area contributed by atoms with E-state index in [1.165, 1.54) is 16.4 Å². The molecule has 1 aliphatic carbocycles. The molecule has 0 bridgehead atoms. The van der Waals surface area contributed by atoms with Gasteiger partial charge in [-0.2, -0.15) is 0 Å². The maximum Gasteiger partial charge on any atom is 0.331 e. The van der Waals surface area contributed by atoms with Gasteiger partial charge in [0.2, 0.25) is 0 Å². The van der Waals surface area contributed by atoms with Crippen molar-refractivity contribution in [3.8, 4) is 11.5 Å². The molecule has 2 aliphatic rings. The number of rotatable bonds is 7. The molecular weight excluding hydrogens is 456 g/mol. The molecule has 1 saturated heterocycles. The fourth-order valence-corrected chi connectivity index (χ4v) is 4.82. The van der Waals surface area contributed by atoms with E-state index in [4.69, 9.17) is 9.47 Å². The minimum absolute atomic E-state index is 0.0613. The Hall–Kier alpha value is -4.13. The van der Waals surface area contributed by atoms with Crippen LogP contribution in [0.1, 0.15) is 43.7 Å². The average molecular weight is 485 g/mol. The second-order valence-corrected chi connectivity index (χ2v) is 9.04. The number of ether oxygens (including phenoxy) is 2. The van der Waals surface area contributed by atoms with Gasteiger partial charge in [-0.1, -0.05) is 55.3 Å². The van der Waals surface area contributed by atoms with Crippen LogP contribution in [0.25, 0.3) is 16.8 Å². The summed E-state index contributed by atoms with van der Waals surface area (Å²) in [5.74, 6) is -0.159. The molecule has 184 valence electrons. The van der Waals surface area contributed by atoms with Crippen molar-refractivity contribution in [3.05, 3.63) is 77.4 Å². The van der Waals surface area contributed by atoms with E-state index in [0.717, 1.165) is 36.6 Å². The third-order valence-corrected chi connectivity index (χ3v) is 6.61. The van der Waals surface area contributed by atoms with Gasteiger partial charge in [-0.15, -0.1) is 0 Å². The molecule has 0 atom stereocenters. The lowest BCUT2D eigenvalue weighted by Gasteiger charge is -2.31. The first-order chi connectivity index (χ1) is 17.5. The molecule has 0 aromatic heterocycles. The number of carbonyl (C=O) groups is 3. The molecule has 1 heterocycles. The number of urea groups is 1. The highest BCUT2D eigenvalue weighted by molar-refractivity contribution is 6.31. The molecule has 7 heteroatoms. The van der Waals surface area contributed by atoms with Gasteiger partial charge in [0.25, 0.3) is 11.8 Å². The molecule has 1 N–H and O–H groups in total. The minimum Gasteiger partial charge on any atom is -0.490 e. The van der Waals surface area contributed by atoms with Crippen LogP contribution in [0, 0.1) is 0 Å². The van der Waals surface area contributed by atoms with Gasteiger partial charge < -0.3 is 9.47 Å². The highest BCUT2D eigenvalue weighted by Gasteiger charge is 2.40. The van der Waals surface area contributed by atoms with E-state index in [-0.39, 0.29) is 11.6 Å². The molecule has 2 fully saturated rings. The van der Waals surface area contributed by atoms with Crippen molar-refractivity contribution in [2.24, 2.45) is 0 Å². The van der Waals surface area contributed by atoms with E-state index in [0.29, 0.717) is 30.3 Å². The SMILES string of the molecule is CCOc1cc(/C=C2\C(=O)NC(=O)N(C3CCCC3)C2=O)ccc1OCc1ccc2ccccc2c1. The highest BCUT2D eigenvalue weighted by Crippen LogP contribution is 2.32. The summed E-state index contributed by atoms with van der Waals surface area (Å²) in [7, 11) is 0. The number of benzene rings is 3. The van der Waals surface area contributed by atoms with Crippen LogP contribution in [-0.4, -0.2) is 35.4 Å². The van der Waals surface area contributed by atoms with Gasteiger partial charge in [-0.3, -0.25) is 19.8 Å². The lowest BCUT2D eigenvalue weighted by Crippen LogP contribution is -2.57. The van der Waals surface area contributed by atoms with Crippen LogP contribution in [0.4, 0.5) is 4.79 Å². The summed E-state index contributed by atoms with van der Waals surface area (Å²) in [4.78, 5) is 39.1. The van der Waals surface area contributed by atoms with Crippen LogP contribution in [0.2, 0.25) is 0 Å². The lowest BCUT2D eigenvalue weighted by molar-refractivity contribution is -0.131. The van der Waals surface area contributed by atoms with Crippen molar-refractivity contribution in [1.29, 1.82) is 0 Å². The molecule has 7 nitrogen and oxygen atoms in total. The average Bonchev–Trinajstić information content (AvgIpc) is 3.40. The Morgan fingerprint density at radius 2 is 1.69 bits per heavy atom. The Balaban J connectivity index is 1.37. The molecule has 0 unspecified atom stereocenters. The van der Waals surface area contributed by atoms with Gasteiger partial charge in [-0.25, -0.2) is 4.79 Å². The Morgan fingerprint density at radius 1 is 0.917 bits per heavy atom. The smallest absolute Gasteiger partial charge is 0.331 e. The van der Waals surface area contributed by atoms with E-state index in [1.54, 1.807) is 18.2 Å². The van der Waals surface area contributed by atoms with Gasteiger partial charge in [0.05, 0.1) is 6.61 Å². The molecule has 3 aromatic carbocycles. The van der Waals surface area contributed by atoms with Crippen LogP contribution in [0.15, 0.2) is 66.2 Å². The normalized spacial score (nSPS) is 17.6. The van der Waals surface area contributed by atoms with Gasteiger partial charge >= 0.3 is 6.03 Å². The number of imide groups is 2. The van der Waals surface area contributed by atoms with E-state index < -0.39 is 17.8 Å². The van der Waals surface area contributed by atoms with Gasteiger partial charge in [0, 0.05) is 6.04 Å². The van der Waals surface area contributed by atoms with Crippen LogP contribution >= 0.6 is 0 Å². The van der Waals surface area contributed by atoms with E-state index in [2.05, 4.69) is 29.6 Å². The molecule has 36 heavy (non-hydrogen) atoms.